The molecule has 0 saturated heterocycles. The van der Waals surface area contributed by atoms with Crippen LogP contribution in [-0.4, -0.2) is 34.7 Å². The average molecular weight is 370 g/mol. The highest BCUT2D eigenvalue weighted by atomic mass is 32.2. The molecule has 3 rings (SSSR count). The Bertz CT molecular complexity index is 964. The predicted octanol–water partition coefficient (Wildman–Crippen LogP) is 2.13. The number of carbonyl (C=O) groups excluding carboxylic acids is 1. The van der Waals surface area contributed by atoms with Crippen molar-refractivity contribution in [3.8, 4) is 0 Å². The lowest BCUT2D eigenvalue weighted by Gasteiger charge is -2.07. The third-order valence-electron chi connectivity index (χ3n) is 2.80. The highest BCUT2D eigenvalue weighted by Crippen LogP contribution is 2.27. The zero-order valence-electron chi connectivity index (χ0n) is 11.7. The third-order valence-corrected chi connectivity index (χ3v) is 5.60. The Morgan fingerprint density at radius 3 is 2.96 bits per heavy atom. The summed E-state index contributed by atoms with van der Waals surface area (Å²) in [5.41, 5.74) is 2.08. The van der Waals surface area contributed by atoms with Gasteiger partial charge in [-0.25, -0.2) is 18.2 Å². The zero-order chi connectivity index (χ0) is 16.4. The van der Waals surface area contributed by atoms with Crippen molar-refractivity contribution in [2.75, 3.05) is 11.3 Å². The van der Waals surface area contributed by atoms with Crippen LogP contribution in [0.15, 0.2) is 28.6 Å². The van der Waals surface area contributed by atoms with Crippen LogP contribution in [0.4, 0.5) is 5.00 Å². The Kier molecular flexibility index (Phi) is 4.24. The minimum Gasteiger partial charge on any atom is -0.461 e. The molecule has 0 unspecified atom stereocenters. The summed E-state index contributed by atoms with van der Waals surface area (Å²) in [5, 5.41) is 0.101. The van der Waals surface area contributed by atoms with E-state index in [2.05, 4.69) is 18.5 Å². The van der Waals surface area contributed by atoms with E-state index in [4.69, 9.17) is 4.74 Å². The maximum Gasteiger partial charge on any atom is 0.360 e. The Hall–Kier alpha value is -2.11. The molecule has 0 aliphatic heterocycles. The summed E-state index contributed by atoms with van der Waals surface area (Å²) in [4.78, 5) is 15.6. The number of nitrogens with zero attached hydrogens (tertiary/aromatic N) is 3. The van der Waals surface area contributed by atoms with Gasteiger partial charge in [0.15, 0.2) is 5.69 Å². The normalized spacial score (nSPS) is 11.5. The molecule has 11 heteroatoms. The SMILES string of the molecule is CCOC(=O)c1ncsc1NS(=O)(=O)c1cccc2nsnc12. The van der Waals surface area contributed by atoms with Crippen molar-refractivity contribution < 1.29 is 17.9 Å². The van der Waals surface area contributed by atoms with Crippen LogP contribution >= 0.6 is 23.1 Å². The van der Waals surface area contributed by atoms with Crippen LogP contribution in [0, 0.1) is 0 Å². The van der Waals surface area contributed by atoms with Crippen LogP contribution in [0.3, 0.4) is 0 Å². The summed E-state index contributed by atoms with van der Waals surface area (Å²) in [6.07, 6.45) is 0. The Balaban J connectivity index is 1.98. The summed E-state index contributed by atoms with van der Waals surface area (Å²) in [7, 11) is -3.93. The first-order valence-electron chi connectivity index (χ1n) is 6.37. The van der Waals surface area contributed by atoms with Gasteiger partial charge in [0.1, 0.15) is 20.9 Å². The number of rotatable bonds is 5. The van der Waals surface area contributed by atoms with Gasteiger partial charge in [-0.05, 0) is 19.1 Å². The predicted molar refractivity (Wildman–Crippen MR) is 86.3 cm³/mol. The van der Waals surface area contributed by atoms with Crippen LogP contribution < -0.4 is 4.72 Å². The summed E-state index contributed by atoms with van der Waals surface area (Å²) in [6, 6.07) is 4.68. The Morgan fingerprint density at radius 2 is 2.17 bits per heavy atom. The second-order valence-corrected chi connectivity index (χ2v) is 7.28. The molecular weight excluding hydrogens is 360 g/mol. The zero-order valence-corrected chi connectivity index (χ0v) is 14.2. The van der Waals surface area contributed by atoms with Crippen molar-refractivity contribution in [2.24, 2.45) is 0 Å². The van der Waals surface area contributed by atoms with Gasteiger partial charge in [-0.1, -0.05) is 6.07 Å². The second-order valence-electron chi connectivity index (χ2n) is 4.24. The molecule has 23 heavy (non-hydrogen) atoms. The maximum atomic E-state index is 12.6. The molecule has 120 valence electrons. The molecule has 1 N–H and O–H groups in total. The number of hydrogen-bond acceptors (Lipinski definition) is 9. The van der Waals surface area contributed by atoms with Gasteiger partial charge >= 0.3 is 5.97 Å². The van der Waals surface area contributed by atoms with Crippen LogP contribution in [-0.2, 0) is 14.8 Å². The summed E-state index contributed by atoms with van der Waals surface area (Å²) >= 11 is 1.93. The molecule has 2 heterocycles. The molecule has 0 bridgehead atoms. The van der Waals surface area contributed by atoms with Gasteiger partial charge in [0.05, 0.1) is 23.8 Å². The van der Waals surface area contributed by atoms with Gasteiger partial charge in [0.25, 0.3) is 10.0 Å². The molecule has 8 nitrogen and oxygen atoms in total. The fraction of sp³-hybridized carbons (Fsp3) is 0.167. The maximum absolute atomic E-state index is 12.6. The van der Waals surface area contributed by atoms with Crippen molar-refractivity contribution >= 4 is 55.1 Å². The lowest BCUT2D eigenvalue weighted by atomic mass is 10.3. The topological polar surface area (TPSA) is 111 Å². The lowest BCUT2D eigenvalue weighted by Crippen LogP contribution is -2.16. The van der Waals surface area contributed by atoms with Crippen molar-refractivity contribution in [3.63, 3.8) is 0 Å². The van der Waals surface area contributed by atoms with E-state index < -0.39 is 16.0 Å². The van der Waals surface area contributed by atoms with E-state index in [-0.39, 0.29) is 27.7 Å². The minimum absolute atomic E-state index is 0.00745. The number of nitrogens with one attached hydrogen (secondary N) is 1. The van der Waals surface area contributed by atoms with E-state index in [0.29, 0.717) is 5.52 Å². The number of sulfonamides is 1. The standard InChI is InChI=1S/C12H10N4O4S3/c1-2-20-12(17)10-11(21-6-13-10)16-23(18,19)8-5-3-4-7-9(8)15-22-14-7/h3-6,16H,2H2,1H3. The minimum atomic E-state index is -3.93. The van der Waals surface area contributed by atoms with E-state index in [1.54, 1.807) is 19.1 Å². The number of benzene rings is 1. The fourth-order valence-corrected chi connectivity index (χ4v) is 4.59. The number of anilines is 1. The molecule has 0 radical (unpaired) electrons. The molecule has 0 atom stereocenters. The van der Waals surface area contributed by atoms with Crippen molar-refractivity contribution in [3.05, 3.63) is 29.4 Å². The number of aromatic nitrogens is 3. The second kappa shape index (κ2) is 6.18. The molecule has 0 aliphatic rings. The Morgan fingerprint density at radius 1 is 1.35 bits per heavy atom. The first kappa shape index (κ1) is 15.8. The number of fused-ring (bicyclic) bond motifs is 1. The van der Waals surface area contributed by atoms with Crippen molar-refractivity contribution in [2.45, 2.75) is 11.8 Å². The van der Waals surface area contributed by atoms with E-state index in [0.717, 1.165) is 23.1 Å². The van der Waals surface area contributed by atoms with Crippen molar-refractivity contribution in [1.82, 2.24) is 13.7 Å². The van der Waals surface area contributed by atoms with Crippen molar-refractivity contribution in [1.29, 1.82) is 0 Å². The number of ether oxygens (including phenoxy) is 1. The molecule has 0 amide bonds. The van der Waals surface area contributed by atoms with Gasteiger partial charge in [-0.15, -0.1) is 11.3 Å². The molecule has 0 saturated carbocycles. The quantitative estimate of drug-likeness (QED) is 0.685. The van der Waals surface area contributed by atoms with Gasteiger partial charge in [-0.3, -0.25) is 4.72 Å². The molecule has 3 aromatic rings. The summed E-state index contributed by atoms with van der Waals surface area (Å²) in [5.74, 6) is -0.681. The molecule has 0 fully saturated rings. The molecular formula is C12H10N4O4S3. The van der Waals surface area contributed by atoms with E-state index >= 15 is 0 Å². The van der Waals surface area contributed by atoms with Crippen LogP contribution in [0.2, 0.25) is 0 Å². The highest BCUT2D eigenvalue weighted by molar-refractivity contribution is 7.93. The van der Waals surface area contributed by atoms with E-state index in [9.17, 15) is 13.2 Å². The molecule has 2 aromatic heterocycles. The molecule has 0 spiro atoms. The summed E-state index contributed by atoms with van der Waals surface area (Å²) < 4.78 is 40.4. The highest BCUT2D eigenvalue weighted by Gasteiger charge is 2.24. The summed E-state index contributed by atoms with van der Waals surface area (Å²) in [6.45, 7) is 1.83. The van der Waals surface area contributed by atoms with Crippen LogP contribution in [0.1, 0.15) is 17.4 Å². The van der Waals surface area contributed by atoms with Gasteiger partial charge in [0.2, 0.25) is 0 Å². The van der Waals surface area contributed by atoms with E-state index in [1.807, 2.05) is 0 Å². The average Bonchev–Trinajstić information content (AvgIpc) is 3.15. The lowest BCUT2D eigenvalue weighted by molar-refractivity contribution is 0.0521. The van der Waals surface area contributed by atoms with Crippen LogP contribution in [0.5, 0.6) is 0 Å². The van der Waals surface area contributed by atoms with E-state index in [1.165, 1.54) is 11.6 Å². The number of thiazole rings is 1. The smallest absolute Gasteiger partial charge is 0.360 e. The van der Waals surface area contributed by atoms with Gasteiger partial charge in [-0.2, -0.15) is 8.75 Å². The van der Waals surface area contributed by atoms with Gasteiger partial charge in [0, 0.05) is 0 Å². The van der Waals surface area contributed by atoms with Gasteiger partial charge < -0.3 is 4.74 Å². The first-order chi connectivity index (χ1) is 11.0. The largest absolute Gasteiger partial charge is 0.461 e. The number of hydrogen-bond donors (Lipinski definition) is 1. The first-order valence-corrected chi connectivity index (χ1v) is 9.47. The number of carbonyl (C=O) groups is 1. The third kappa shape index (κ3) is 3.02. The molecule has 0 aliphatic carbocycles. The van der Waals surface area contributed by atoms with Crippen LogP contribution in [0.25, 0.3) is 11.0 Å². The fourth-order valence-electron chi connectivity index (χ4n) is 1.84. The number of esters is 1. The molecule has 1 aromatic carbocycles. The Labute approximate surface area is 139 Å². The monoisotopic (exact) mass is 370 g/mol.